The van der Waals surface area contributed by atoms with E-state index < -0.39 is 41.0 Å². The molecule has 1 aromatic carbocycles. The summed E-state index contributed by atoms with van der Waals surface area (Å²) in [4.78, 5) is 15.0. The number of hydrogen-bond donors (Lipinski definition) is 1. The molecule has 132 valence electrons. The summed E-state index contributed by atoms with van der Waals surface area (Å²) in [6, 6.07) is 2.93. The van der Waals surface area contributed by atoms with Crippen LogP contribution in [0.2, 0.25) is 0 Å². The van der Waals surface area contributed by atoms with Crippen molar-refractivity contribution in [1.82, 2.24) is 9.78 Å². The molecule has 0 spiro atoms. The van der Waals surface area contributed by atoms with Crippen molar-refractivity contribution in [3.63, 3.8) is 0 Å². The van der Waals surface area contributed by atoms with Crippen LogP contribution in [0.5, 0.6) is 0 Å². The summed E-state index contributed by atoms with van der Waals surface area (Å²) in [6.07, 6.45) is -3.32. The molecule has 1 heterocycles. The molecule has 25 heavy (non-hydrogen) atoms. The van der Waals surface area contributed by atoms with Gasteiger partial charge in [0, 0.05) is 6.42 Å². The van der Waals surface area contributed by atoms with E-state index in [1.807, 2.05) is 0 Å². The van der Waals surface area contributed by atoms with Crippen molar-refractivity contribution in [3.8, 4) is 0 Å². The average Bonchev–Trinajstić information content (AvgIpc) is 2.90. The molecule has 1 atom stereocenters. The Kier molecular flexibility index (Phi) is 4.94. The van der Waals surface area contributed by atoms with Gasteiger partial charge in [-0.15, -0.1) is 0 Å². The summed E-state index contributed by atoms with van der Waals surface area (Å²) in [6.45, 7) is 7.61. The number of carbonyl (C=O) groups excluding carboxylic acids is 1. The predicted octanol–water partition coefficient (Wildman–Crippen LogP) is 3.15. The van der Waals surface area contributed by atoms with Gasteiger partial charge in [-0.25, -0.2) is 9.24 Å². The summed E-state index contributed by atoms with van der Waals surface area (Å²) >= 11 is 0. The van der Waals surface area contributed by atoms with E-state index in [0.717, 1.165) is 29.2 Å². The number of halogens is 4. The molecule has 2 aromatic rings. The predicted molar refractivity (Wildman–Crippen MR) is 79.2 cm³/mol. The maximum atomic E-state index is 13.0. The molecule has 1 N–H and O–H groups in total. The molecule has 0 aliphatic heterocycles. The number of rotatable bonds is 5. The molecule has 0 saturated carbocycles. The van der Waals surface area contributed by atoms with Crippen LogP contribution in [0.3, 0.4) is 0 Å². The molecule has 0 aliphatic carbocycles. The summed E-state index contributed by atoms with van der Waals surface area (Å²) in [5, 5.41) is 13.8. The van der Waals surface area contributed by atoms with Crippen LogP contribution in [0.4, 0.5) is 23.2 Å². The largest absolute Gasteiger partial charge is 0.407 e. The highest BCUT2D eigenvalue weighted by Gasteiger charge is 2.35. The Hall–Kier alpha value is -2.73. The molecule has 0 amide bonds. The van der Waals surface area contributed by atoms with Gasteiger partial charge in [0.25, 0.3) is 0 Å². The van der Waals surface area contributed by atoms with Gasteiger partial charge in [0.05, 0.1) is 31.1 Å². The number of hydrogen-bond acceptors (Lipinski definition) is 3. The summed E-state index contributed by atoms with van der Waals surface area (Å²) in [7, 11) is 0. The smallest absolute Gasteiger partial charge is 0.380 e. The number of aliphatic hydroxyl groups is 1. The molecule has 0 bridgehead atoms. The van der Waals surface area contributed by atoms with Gasteiger partial charge in [-0.2, -0.15) is 18.3 Å². The van der Waals surface area contributed by atoms with Crippen molar-refractivity contribution >= 4 is 11.5 Å². The molecule has 0 aliphatic rings. The number of carbonyl (C=O) groups is 1. The molecule has 0 saturated heterocycles. The van der Waals surface area contributed by atoms with Gasteiger partial charge in [0.1, 0.15) is 5.60 Å². The first-order valence-electron chi connectivity index (χ1n) is 7.04. The maximum Gasteiger partial charge on any atom is 0.407 e. The molecule has 2 rings (SSSR count). The van der Waals surface area contributed by atoms with E-state index in [2.05, 4.69) is 9.94 Å². The lowest BCUT2D eigenvalue weighted by atomic mass is 9.94. The van der Waals surface area contributed by atoms with Gasteiger partial charge in [-0.3, -0.25) is 9.48 Å². The number of benzene rings is 1. The second-order valence-electron chi connectivity index (χ2n) is 5.69. The molecular formula is C16H13F4N3O2. The Morgan fingerprint density at radius 1 is 1.40 bits per heavy atom. The summed E-state index contributed by atoms with van der Waals surface area (Å²) < 4.78 is 52.8. The van der Waals surface area contributed by atoms with Gasteiger partial charge in [0.2, 0.25) is 0 Å². The van der Waals surface area contributed by atoms with Crippen LogP contribution in [0.15, 0.2) is 30.6 Å². The minimum atomic E-state index is -4.73. The van der Waals surface area contributed by atoms with E-state index in [4.69, 9.17) is 6.57 Å². The molecule has 1 aromatic heterocycles. The van der Waals surface area contributed by atoms with Crippen molar-refractivity contribution in [2.75, 3.05) is 0 Å². The van der Waals surface area contributed by atoms with E-state index in [-0.39, 0.29) is 12.1 Å². The molecule has 0 fully saturated rings. The first-order chi connectivity index (χ1) is 11.5. The Balaban J connectivity index is 2.21. The highest BCUT2D eigenvalue weighted by Crippen LogP contribution is 2.37. The van der Waals surface area contributed by atoms with Crippen LogP contribution < -0.4 is 0 Å². The lowest BCUT2D eigenvalue weighted by Gasteiger charge is -2.22. The van der Waals surface area contributed by atoms with Crippen LogP contribution in [0, 0.1) is 12.4 Å². The molecule has 9 heteroatoms. The van der Waals surface area contributed by atoms with E-state index in [1.54, 1.807) is 0 Å². The molecular weight excluding hydrogens is 342 g/mol. The minimum absolute atomic E-state index is 0.0108. The third-order valence-corrected chi connectivity index (χ3v) is 3.52. The SMILES string of the molecule is [C-]#[N+]c1ccc(CC(=O)C(C)(O)Cn2cc(F)cn2)cc1C(F)(F)F. The van der Waals surface area contributed by atoms with E-state index in [1.165, 1.54) is 13.0 Å². The zero-order valence-electron chi connectivity index (χ0n) is 13.0. The standard InChI is InChI=1S/C16H13F4N3O2/c1-15(25,9-23-8-11(17)7-22-23)14(24)6-10-3-4-13(21-2)12(5-10)16(18,19)20/h3-5,7-8,25H,6,9H2,1H3. The third-order valence-electron chi connectivity index (χ3n) is 3.52. The molecule has 0 radical (unpaired) electrons. The van der Waals surface area contributed by atoms with Gasteiger partial charge in [-0.1, -0.05) is 18.2 Å². The van der Waals surface area contributed by atoms with Gasteiger partial charge in [0.15, 0.2) is 17.3 Å². The highest BCUT2D eigenvalue weighted by molar-refractivity contribution is 5.88. The Morgan fingerprint density at radius 3 is 2.60 bits per heavy atom. The van der Waals surface area contributed by atoms with Gasteiger partial charge >= 0.3 is 6.18 Å². The van der Waals surface area contributed by atoms with Crippen molar-refractivity contribution in [1.29, 1.82) is 0 Å². The fraction of sp³-hybridized carbons (Fsp3) is 0.312. The van der Waals surface area contributed by atoms with Gasteiger partial charge < -0.3 is 5.11 Å². The van der Waals surface area contributed by atoms with Gasteiger partial charge in [-0.05, 0) is 12.5 Å². The van der Waals surface area contributed by atoms with Crippen molar-refractivity contribution < 1.29 is 27.5 Å². The fourth-order valence-electron chi connectivity index (χ4n) is 2.22. The number of alkyl halides is 3. The molecule has 1 unspecified atom stereocenters. The monoisotopic (exact) mass is 355 g/mol. The molecule has 5 nitrogen and oxygen atoms in total. The topological polar surface area (TPSA) is 59.5 Å². The average molecular weight is 355 g/mol. The summed E-state index contributed by atoms with van der Waals surface area (Å²) in [5.74, 6) is -1.40. The van der Waals surface area contributed by atoms with Crippen LogP contribution in [0.1, 0.15) is 18.1 Å². The highest BCUT2D eigenvalue weighted by atomic mass is 19.4. The van der Waals surface area contributed by atoms with E-state index >= 15 is 0 Å². The summed E-state index contributed by atoms with van der Waals surface area (Å²) in [5.41, 5.74) is -3.64. The van der Waals surface area contributed by atoms with Crippen molar-refractivity contribution in [3.05, 3.63) is 59.0 Å². The number of Topliss-reactive ketones (excluding diaryl/α,β-unsaturated/α-hetero) is 1. The number of nitrogens with zero attached hydrogens (tertiary/aromatic N) is 3. The first-order valence-corrected chi connectivity index (χ1v) is 7.04. The maximum absolute atomic E-state index is 13.0. The zero-order chi connectivity index (χ0) is 18.8. The lowest BCUT2D eigenvalue weighted by molar-refractivity contribution is -0.138. The van der Waals surface area contributed by atoms with Crippen LogP contribution in [0.25, 0.3) is 4.85 Å². The van der Waals surface area contributed by atoms with Crippen LogP contribution >= 0.6 is 0 Å². The quantitative estimate of drug-likeness (QED) is 0.662. The second-order valence-corrected chi connectivity index (χ2v) is 5.69. The minimum Gasteiger partial charge on any atom is -0.380 e. The zero-order valence-corrected chi connectivity index (χ0v) is 13.0. The number of aromatic nitrogens is 2. The van der Waals surface area contributed by atoms with E-state index in [0.29, 0.717) is 0 Å². The van der Waals surface area contributed by atoms with Crippen molar-refractivity contribution in [2.45, 2.75) is 31.7 Å². The number of ketones is 1. The van der Waals surface area contributed by atoms with Crippen LogP contribution in [-0.2, 0) is 23.9 Å². The van der Waals surface area contributed by atoms with E-state index in [9.17, 15) is 27.5 Å². The third kappa shape index (κ3) is 4.42. The Morgan fingerprint density at radius 2 is 2.08 bits per heavy atom. The Labute approximate surface area is 140 Å². The lowest BCUT2D eigenvalue weighted by Crippen LogP contribution is -2.40. The normalized spacial score (nSPS) is 14.0. The second kappa shape index (κ2) is 6.64. The Bertz CT molecular complexity index is 835. The van der Waals surface area contributed by atoms with Crippen molar-refractivity contribution in [2.24, 2.45) is 0 Å². The first kappa shape index (κ1) is 18.6. The fourth-order valence-corrected chi connectivity index (χ4v) is 2.22. The van der Waals surface area contributed by atoms with Crippen LogP contribution in [-0.4, -0.2) is 26.3 Å².